The molecule has 0 atom stereocenters. The number of benzene rings is 1. The van der Waals surface area contributed by atoms with Crippen LogP contribution in [0.5, 0.6) is 0 Å². The van der Waals surface area contributed by atoms with Crippen LogP contribution >= 0.6 is 0 Å². The first-order valence-corrected chi connectivity index (χ1v) is 7.50. The number of fused-ring (bicyclic) bond motifs is 1. The summed E-state index contributed by atoms with van der Waals surface area (Å²) in [7, 11) is 0. The molecular weight excluding hydrogens is 242 g/mol. The second-order valence-corrected chi connectivity index (χ2v) is 5.73. The summed E-state index contributed by atoms with van der Waals surface area (Å²) in [6.07, 6.45) is 6.49. The maximum absolute atomic E-state index is 4.15. The van der Waals surface area contributed by atoms with E-state index in [-0.39, 0.29) is 0 Å². The molecule has 0 aliphatic heterocycles. The summed E-state index contributed by atoms with van der Waals surface area (Å²) in [5.41, 5.74) is 7.71. The minimum atomic E-state index is 0.888. The van der Waals surface area contributed by atoms with E-state index < -0.39 is 0 Å². The maximum atomic E-state index is 4.15. The maximum Gasteiger partial charge on any atom is 0.0143 e. The van der Waals surface area contributed by atoms with Crippen molar-refractivity contribution >= 4 is 5.57 Å². The molecule has 0 unspecified atom stereocenters. The van der Waals surface area contributed by atoms with Gasteiger partial charge in [-0.3, -0.25) is 0 Å². The monoisotopic (exact) mass is 267 g/mol. The van der Waals surface area contributed by atoms with E-state index in [2.05, 4.69) is 56.6 Å². The van der Waals surface area contributed by atoms with Gasteiger partial charge in [-0.2, -0.15) is 0 Å². The van der Waals surface area contributed by atoms with Crippen molar-refractivity contribution in [3.05, 3.63) is 65.4 Å². The SMILES string of the molecule is C=C1C=C(CC(=C)NCCCC)c2ccc(C)cc2C1. The van der Waals surface area contributed by atoms with Gasteiger partial charge in [0.1, 0.15) is 0 Å². The molecule has 0 saturated heterocycles. The molecule has 2 rings (SSSR count). The molecular formula is C19H25N. The van der Waals surface area contributed by atoms with E-state index in [1.807, 2.05) is 0 Å². The standard InChI is InChI=1S/C19H25N/c1-5-6-9-20-16(4)13-18-12-15(3)11-17-10-14(2)7-8-19(17)18/h7-8,10,12,20H,3-6,9,11,13H2,1-2H3. The van der Waals surface area contributed by atoms with Crippen molar-refractivity contribution in [2.45, 2.75) is 39.5 Å². The third-order valence-electron chi connectivity index (χ3n) is 3.71. The molecule has 0 heterocycles. The lowest BCUT2D eigenvalue weighted by Crippen LogP contribution is -2.15. The highest BCUT2D eigenvalue weighted by Crippen LogP contribution is 2.32. The number of rotatable bonds is 6. The van der Waals surface area contributed by atoms with Crippen molar-refractivity contribution in [1.29, 1.82) is 0 Å². The number of aryl methyl sites for hydroxylation is 1. The summed E-state index contributed by atoms with van der Waals surface area (Å²) in [5, 5.41) is 3.42. The lowest BCUT2D eigenvalue weighted by molar-refractivity contribution is 0.704. The molecule has 1 heteroatoms. The lowest BCUT2D eigenvalue weighted by Gasteiger charge is -2.21. The quantitative estimate of drug-likeness (QED) is 0.731. The minimum Gasteiger partial charge on any atom is -0.389 e. The summed E-state index contributed by atoms with van der Waals surface area (Å²) in [6, 6.07) is 6.71. The van der Waals surface area contributed by atoms with Gasteiger partial charge in [-0.05, 0) is 36.5 Å². The first-order valence-electron chi connectivity index (χ1n) is 7.50. The summed E-state index contributed by atoms with van der Waals surface area (Å²) < 4.78 is 0. The molecule has 1 N–H and O–H groups in total. The van der Waals surface area contributed by atoms with Crippen LogP contribution in [0.2, 0.25) is 0 Å². The Morgan fingerprint density at radius 3 is 2.90 bits per heavy atom. The van der Waals surface area contributed by atoms with Crippen molar-refractivity contribution in [3.8, 4) is 0 Å². The van der Waals surface area contributed by atoms with E-state index in [1.54, 1.807) is 0 Å². The Hall–Kier alpha value is -1.76. The van der Waals surface area contributed by atoms with Crippen molar-refractivity contribution in [3.63, 3.8) is 0 Å². The van der Waals surface area contributed by atoms with Crippen LogP contribution in [0.25, 0.3) is 5.57 Å². The smallest absolute Gasteiger partial charge is 0.0143 e. The van der Waals surface area contributed by atoms with E-state index in [9.17, 15) is 0 Å². The molecule has 0 fully saturated rings. The van der Waals surface area contributed by atoms with Gasteiger partial charge < -0.3 is 5.32 Å². The van der Waals surface area contributed by atoms with Gasteiger partial charge in [-0.1, -0.05) is 61.9 Å². The van der Waals surface area contributed by atoms with Crippen LogP contribution in [-0.2, 0) is 6.42 Å². The average molecular weight is 267 g/mol. The van der Waals surface area contributed by atoms with Crippen LogP contribution in [0.15, 0.2) is 48.7 Å². The van der Waals surface area contributed by atoms with Gasteiger partial charge in [0.05, 0.1) is 0 Å². The second kappa shape index (κ2) is 6.60. The van der Waals surface area contributed by atoms with Gasteiger partial charge in [0.15, 0.2) is 0 Å². The molecule has 0 saturated carbocycles. The highest BCUT2D eigenvalue weighted by atomic mass is 14.9. The Kier molecular flexibility index (Phi) is 4.84. The van der Waals surface area contributed by atoms with Gasteiger partial charge in [0, 0.05) is 18.7 Å². The van der Waals surface area contributed by atoms with Gasteiger partial charge in [-0.25, -0.2) is 0 Å². The first kappa shape index (κ1) is 14.6. The summed E-state index contributed by atoms with van der Waals surface area (Å²) in [6.45, 7) is 13.7. The molecule has 1 aliphatic rings. The molecule has 1 aromatic carbocycles. The van der Waals surface area contributed by atoms with Gasteiger partial charge >= 0.3 is 0 Å². The van der Waals surface area contributed by atoms with Crippen molar-refractivity contribution < 1.29 is 0 Å². The summed E-state index contributed by atoms with van der Waals surface area (Å²) >= 11 is 0. The van der Waals surface area contributed by atoms with E-state index in [1.165, 1.54) is 40.7 Å². The molecule has 0 radical (unpaired) electrons. The van der Waals surface area contributed by atoms with E-state index in [4.69, 9.17) is 0 Å². The minimum absolute atomic E-state index is 0.888. The zero-order valence-corrected chi connectivity index (χ0v) is 12.8. The third-order valence-corrected chi connectivity index (χ3v) is 3.71. The zero-order valence-electron chi connectivity index (χ0n) is 12.8. The highest BCUT2D eigenvalue weighted by molar-refractivity contribution is 5.75. The van der Waals surface area contributed by atoms with E-state index >= 15 is 0 Å². The van der Waals surface area contributed by atoms with Crippen LogP contribution in [-0.4, -0.2) is 6.54 Å². The first-order chi connectivity index (χ1) is 9.60. The molecule has 0 bridgehead atoms. The van der Waals surface area contributed by atoms with E-state index in [0.29, 0.717) is 0 Å². The zero-order chi connectivity index (χ0) is 14.5. The Labute approximate surface area is 123 Å². The molecule has 106 valence electrons. The molecule has 0 amide bonds. The van der Waals surface area contributed by atoms with Gasteiger partial charge in [0.25, 0.3) is 0 Å². The third kappa shape index (κ3) is 3.63. The van der Waals surface area contributed by atoms with Crippen LogP contribution in [0.1, 0.15) is 42.9 Å². The van der Waals surface area contributed by atoms with Crippen molar-refractivity contribution in [1.82, 2.24) is 5.32 Å². The van der Waals surface area contributed by atoms with Crippen LogP contribution in [0.4, 0.5) is 0 Å². The molecule has 20 heavy (non-hydrogen) atoms. The van der Waals surface area contributed by atoms with Gasteiger partial charge in [-0.15, -0.1) is 0 Å². The topological polar surface area (TPSA) is 12.0 Å². The number of hydrogen-bond donors (Lipinski definition) is 1. The van der Waals surface area contributed by atoms with Crippen LogP contribution in [0, 0.1) is 6.92 Å². The Balaban J connectivity index is 2.11. The Bertz CT molecular complexity index is 549. The molecule has 0 spiro atoms. The van der Waals surface area contributed by atoms with Crippen molar-refractivity contribution in [2.75, 3.05) is 6.54 Å². The van der Waals surface area contributed by atoms with E-state index in [0.717, 1.165) is 25.1 Å². The largest absolute Gasteiger partial charge is 0.389 e. The molecule has 1 aliphatic carbocycles. The fraction of sp³-hybridized carbons (Fsp3) is 0.368. The fourth-order valence-corrected chi connectivity index (χ4v) is 2.68. The number of nitrogens with one attached hydrogen (secondary N) is 1. The summed E-state index contributed by atoms with van der Waals surface area (Å²) in [5.74, 6) is 0. The number of allylic oxidation sites excluding steroid dienone is 3. The fourth-order valence-electron chi connectivity index (χ4n) is 2.68. The normalized spacial score (nSPS) is 13.7. The predicted molar refractivity (Wildman–Crippen MR) is 88.7 cm³/mol. The second-order valence-electron chi connectivity index (χ2n) is 5.73. The van der Waals surface area contributed by atoms with Crippen molar-refractivity contribution in [2.24, 2.45) is 0 Å². The van der Waals surface area contributed by atoms with Crippen LogP contribution in [0.3, 0.4) is 0 Å². The lowest BCUT2D eigenvalue weighted by atomic mass is 9.86. The Morgan fingerprint density at radius 1 is 1.35 bits per heavy atom. The number of unbranched alkanes of at least 4 members (excludes halogenated alkanes) is 1. The molecule has 0 aromatic heterocycles. The molecule has 1 nitrogen and oxygen atoms in total. The Morgan fingerprint density at radius 2 is 2.15 bits per heavy atom. The highest BCUT2D eigenvalue weighted by Gasteiger charge is 2.15. The summed E-state index contributed by atoms with van der Waals surface area (Å²) in [4.78, 5) is 0. The van der Waals surface area contributed by atoms with Gasteiger partial charge in [0.2, 0.25) is 0 Å². The predicted octanol–water partition coefficient (Wildman–Crippen LogP) is 4.78. The average Bonchev–Trinajstić information content (AvgIpc) is 2.38. The van der Waals surface area contributed by atoms with Crippen LogP contribution < -0.4 is 5.32 Å². The number of hydrogen-bond acceptors (Lipinski definition) is 1. The molecule has 1 aromatic rings.